The summed E-state index contributed by atoms with van der Waals surface area (Å²) in [5, 5.41) is 2.57. The number of nitrogens with one attached hydrogen (secondary N) is 1. The predicted octanol–water partition coefficient (Wildman–Crippen LogP) is 4.50. The van der Waals surface area contributed by atoms with Crippen molar-refractivity contribution in [1.29, 1.82) is 0 Å². The Labute approximate surface area is 167 Å². The van der Waals surface area contributed by atoms with Gasteiger partial charge in [0.1, 0.15) is 11.5 Å². The summed E-state index contributed by atoms with van der Waals surface area (Å²) in [6.45, 7) is 0.798. The number of alkyl halides is 3. The van der Waals surface area contributed by atoms with Crippen LogP contribution in [0.4, 0.5) is 18.9 Å². The maximum absolute atomic E-state index is 12.9. The predicted molar refractivity (Wildman–Crippen MR) is 103 cm³/mol. The number of nitrogens with zero attached hydrogens (tertiary/aromatic N) is 1. The van der Waals surface area contributed by atoms with Gasteiger partial charge in [0.2, 0.25) is 5.91 Å². The highest BCUT2D eigenvalue weighted by atomic mass is 19.4. The molecule has 0 aromatic heterocycles. The van der Waals surface area contributed by atoms with Crippen LogP contribution < -0.4 is 14.8 Å². The minimum atomic E-state index is -4.45. The lowest BCUT2D eigenvalue weighted by Crippen LogP contribution is -2.33. The topological polar surface area (TPSA) is 50.8 Å². The molecule has 5 nitrogen and oxygen atoms in total. The molecule has 0 aliphatic carbocycles. The van der Waals surface area contributed by atoms with Crippen LogP contribution in [0, 0.1) is 0 Å². The van der Waals surface area contributed by atoms with E-state index in [2.05, 4.69) is 5.32 Å². The number of amides is 1. The van der Waals surface area contributed by atoms with Crippen molar-refractivity contribution in [3.8, 4) is 11.5 Å². The Morgan fingerprint density at radius 2 is 1.97 bits per heavy atom. The maximum Gasteiger partial charge on any atom is 0.416 e. The Bertz CT molecular complexity index is 870. The zero-order valence-electron chi connectivity index (χ0n) is 16.3. The van der Waals surface area contributed by atoms with E-state index in [9.17, 15) is 18.0 Å². The third-order valence-electron chi connectivity index (χ3n) is 4.98. The number of methoxy groups -OCH3 is 2. The fourth-order valence-electron chi connectivity index (χ4n) is 3.62. The van der Waals surface area contributed by atoms with E-state index in [4.69, 9.17) is 9.47 Å². The highest BCUT2D eigenvalue weighted by Crippen LogP contribution is 2.38. The molecular formula is C21H23F3N2O3. The fourth-order valence-corrected chi connectivity index (χ4v) is 3.62. The average Bonchev–Trinajstić information content (AvgIpc) is 3.14. The van der Waals surface area contributed by atoms with Gasteiger partial charge in [0.05, 0.1) is 26.3 Å². The number of likely N-dealkylation sites (tertiary alicyclic amines) is 1. The average molecular weight is 408 g/mol. The van der Waals surface area contributed by atoms with E-state index in [1.54, 1.807) is 20.3 Å². The first-order valence-electron chi connectivity index (χ1n) is 9.25. The van der Waals surface area contributed by atoms with Crippen LogP contribution in [0.1, 0.15) is 30.0 Å². The molecule has 0 radical (unpaired) electrons. The third-order valence-corrected chi connectivity index (χ3v) is 4.98. The summed E-state index contributed by atoms with van der Waals surface area (Å²) in [7, 11) is 3.16. The molecule has 8 heteroatoms. The number of carbonyl (C=O) groups excluding carboxylic acids is 1. The highest BCUT2D eigenvalue weighted by molar-refractivity contribution is 5.92. The SMILES string of the molecule is COc1ccc([C@@H]2CCCN2CC(=O)Nc2cccc(C(F)(F)F)c2)c(OC)c1. The first-order chi connectivity index (χ1) is 13.8. The van der Waals surface area contributed by atoms with Crippen molar-refractivity contribution in [3.05, 3.63) is 53.6 Å². The zero-order chi connectivity index (χ0) is 21.0. The minimum absolute atomic E-state index is 0.0110. The third kappa shape index (κ3) is 5.00. The van der Waals surface area contributed by atoms with Crippen molar-refractivity contribution < 1.29 is 27.4 Å². The Balaban J connectivity index is 1.71. The number of carbonyl (C=O) groups is 1. The largest absolute Gasteiger partial charge is 0.497 e. The van der Waals surface area contributed by atoms with Gasteiger partial charge >= 0.3 is 6.18 Å². The molecule has 1 aliphatic heterocycles. The molecule has 1 amide bonds. The van der Waals surface area contributed by atoms with Crippen LogP contribution in [0.25, 0.3) is 0 Å². The van der Waals surface area contributed by atoms with Crippen LogP contribution in [-0.4, -0.2) is 38.1 Å². The quantitative estimate of drug-likeness (QED) is 0.765. The summed E-state index contributed by atoms with van der Waals surface area (Å²) in [5.41, 5.74) is 0.289. The zero-order valence-corrected chi connectivity index (χ0v) is 16.3. The molecule has 1 fully saturated rings. The number of benzene rings is 2. The molecule has 0 saturated carbocycles. The molecule has 3 rings (SSSR count). The van der Waals surface area contributed by atoms with Crippen molar-refractivity contribution in [2.75, 3.05) is 32.6 Å². The summed E-state index contributed by atoms with van der Waals surface area (Å²) >= 11 is 0. The molecule has 1 atom stereocenters. The normalized spacial score (nSPS) is 17.2. The van der Waals surface area contributed by atoms with E-state index >= 15 is 0 Å². The van der Waals surface area contributed by atoms with Gasteiger partial charge in [-0.15, -0.1) is 0 Å². The van der Waals surface area contributed by atoms with Crippen molar-refractivity contribution in [2.24, 2.45) is 0 Å². The number of hydrogen-bond acceptors (Lipinski definition) is 4. The molecule has 1 saturated heterocycles. The Morgan fingerprint density at radius 3 is 2.66 bits per heavy atom. The molecule has 0 spiro atoms. The van der Waals surface area contributed by atoms with Crippen LogP contribution >= 0.6 is 0 Å². The molecule has 2 aromatic carbocycles. The molecule has 0 unspecified atom stereocenters. The second kappa shape index (κ2) is 8.73. The van der Waals surface area contributed by atoms with E-state index in [-0.39, 0.29) is 24.2 Å². The molecule has 2 aromatic rings. The summed E-state index contributed by atoms with van der Waals surface area (Å²) < 4.78 is 49.3. The van der Waals surface area contributed by atoms with Gasteiger partial charge in [-0.3, -0.25) is 9.69 Å². The molecule has 0 bridgehead atoms. The van der Waals surface area contributed by atoms with Crippen LogP contribution in [0.5, 0.6) is 11.5 Å². The molecule has 156 valence electrons. The summed E-state index contributed by atoms with van der Waals surface area (Å²) in [6.07, 6.45) is -2.68. The number of ether oxygens (including phenoxy) is 2. The lowest BCUT2D eigenvalue weighted by atomic mass is 10.0. The first-order valence-corrected chi connectivity index (χ1v) is 9.25. The summed E-state index contributed by atoms with van der Waals surface area (Å²) in [6, 6.07) is 10.2. The van der Waals surface area contributed by atoms with Gasteiger partial charge < -0.3 is 14.8 Å². The van der Waals surface area contributed by atoms with Gasteiger partial charge in [0.15, 0.2) is 0 Å². The van der Waals surface area contributed by atoms with E-state index in [1.807, 2.05) is 17.0 Å². The van der Waals surface area contributed by atoms with Crippen molar-refractivity contribution in [1.82, 2.24) is 4.90 Å². The number of anilines is 1. The van der Waals surface area contributed by atoms with E-state index in [0.717, 1.165) is 37.1 Å². The van der Waals surface area contributed by atoms with E-state index < -0.39 is 11.7 Å². The van der Waals surface area contributed by atoms with Crippen LogP contribution in [0.3, 0.4) is 0 Å². The highest BCUT2D eigenvalue weighted by Gasteiger charge is 2.31. The van der Waals surface area contributed by atoms with Crippen molar-refractivity contribution in [2.45, 2.75) is 25.1 Å². The van der Waals surface area contributed by atoms with E-state index in [0.29, 0.717) is 11.5 Å². The second-order valence-electron chi connectivity index (χ2n) is 6.86. The number of hydrogen-bond donors (Lipinski definition) is 1. The smallest absolute Gasteiger partial charge is 0.416 e. The molecule has 1 aliphatic rings. The molecular weight excluding hydrogens is 385 g/mol. The van der Waals surface area contributed by atoms with Crippen molar-refractivity contribution >= 4 is 11.6 Å². The molecule has 1 heterocycles. The van der Waals surface area contributed by atoms with Gasteiger partial charge in [0.25, 0.3) is 0 Å². The lowest BCUT2D eigenvalue weighted by Gasteiger charge is -2.26. The van der Waals surface area contributed by atoms with Gasteiger partial charge in [-0.25, -0.2) is 0 Å². The maximum atomic E-state index is 12.9. The summed E-state index contributed by atoms with van der Waals surface area (Å²) in [5.74, 6) is 1.00. The fraction of sp³-hybridized carbons (Fsp3) is 0.381. The number of halogens is 3. The minimum Gasteiger partial charge on any atom is -0.497 e. The van der Waals surface area contributed by atoms with Gasteiger partial charge in [-0.05, 0) is 43.7 Å². The number of rotatable bonds is 6. The van der Waals surface area contributed by atoms with E-state index in [1.165, 1.54) is 12.1 Å². The van der Waals surface area contributed by atoms with Crippen molar-refractivity contribution in [3.63, 3.8) is 0 Å². The van der Waals surface area contributed by atoms with Crippen LogP contribution in [-0.2, 0) is 11.0 Å². The Hall–Kier alpha value is -2.74. The Morgan fingerprint density at radius 1 is 1.17 bits per heavy atom. The lowest BCUT2D eigenvalue weighted by molar-refractivity contribution is -0.137. The van der Waals surface area contributed by atoms with Crippen LogP contribution in [0.2, 0.25) is 0 Å². The monoisotopic (exact) mass is 408 g/mol. The molecule has 1 N–H and O–H groups in total. The molecule has 29 heavy (non-hydrogen) atoms. The summed E-state index contributed by atoms with van der Waals surface area (Å²) in [4.78, 5) is 14.5. The van der Waals surface area contributed by atoms with Gasteiger partial charge in [0, 0.05) is 23.4 Å². The first kappa shape index (κ1) is 21.0. The van der Waals surface area contributed by atoms with Gasteiger partial charge in [-0.1, -0.05) is 12.1 Å². The van der Waals surface area contributed by atoms with Crippen LogP contribution in [0.15, 0.2) is 42.5 Å². The van der Waals surface area contributed by atoms with Gasteiger partial charge in [-0.2, -0.15) is 13.2 Å². The standard InChI is InChI=1S/C21H23F3N2O3/c1-28-16-8-9-17(19(12-16)29-2)18-7-4-10-26(18)13-20(27)25-15-6-3-5-14(11-15)21(22,23)24/h3,5-6,8-9,11-12,18H,4,7,10,13H2,1-2H3,(H,25,27)/t18-/m0/s1. The Kier molecular flexibility index (Phi) is 6.32. The second-order valence-corrected chi connectivity index (χ2v) is 6.86.